The Morgan fingerprint density at radius 1 is 0.223 bits per heavy atom. The van der Waals surface area contributed by atoms with Gasteiger partial charge in [0.15, 0.2) is 5.58 Å². The van der Waals surface area contributed by atoms with Crippen LogP contribution in [0.4, 0.5) is 34.1 Å². The number of thiophene rings is 2. The second kappa shape index (κ2) is 24.2. The molecule has 25 rings (SSSR count). The maximum absolute atomic E-state index is 6.66. The minimum absolute atomic E-state index is 0.502. The molecule has 524 valence electrons. The molecule has 2 aliphatic heterocycles. The van der Waals surface area contributed by atoms with Crippen LogP contribution in [0.3, 0.4) is 0 Å². The van der Waals surface area contributed by atoms with Crippen molar-refractivity contribution in [2.24, 2.45) is 0 Å². The molecule has 0 radical (unpaired) electrons. The number of anilines is 6. The van der Waals surface area contributed by atoms with E-state index in [1.807, 2.05) is 40.9 Å². The summed E-state index contributed by atoms with van der Waals surface area (Å²) < 4.78 is 31.4. The van der Waals surface area contributed by atoms with Crippen molar-refractivity contribution in [1.82, 2.24) is 0 Å². The molecule has 0 atom stereocenters. The SMILES string of the molecule is c1ccc(-c2ccccc2N(c2ccc3c(c2)oc2ccccc23)c2cccc3sc4cc5c(cc4c23)-c2ccccc2C52c3ccccc3Oc3ccccc32)cc1.c1ccc(N(c2cccc3c2oc2ccccc23)c2cccc3sc4cc5c(cc4c23)-c2ccccc2C52c3ccccc3Oc3ccccc32)cc1. The van der Waals surface area contributed by atoms with Gasteiger partial charge in [0.1, 0.15) is 39.7 Å². The standard InChI is InChI=1S/C55H33NO2S.C49H29NO2S/c1-2-15-34(16-3-1)36-17-5-10-23-46(36)56(35-29-30-39-38-19-6-11-25-48(38)57-51(39)31-35)47-24-14-28-52-54(47)41-32-40-37-18-4-7-20-42(37)55(45(40)33-53(41)59-52)43-21-8-12-26-49(43)58-50-27-13-9-22-44(50)55;1-2-14-30(15-3-1)50(41-23-12-18-33-32-17-5-9-24-42(32)52-48(33)41)40-22-13-27-45-47(40)35-28-34-31-16-4-6-19-36(31)49(39(34)29-46(35)53-45)37-20-7-10-25-43(37)51-44-26-11-8-21-38(44)49/h1-33H;1-29H. The van der Waals surface area contributed by atoms with Gasteiger partial charge >= 0.3 is 0 Å². The second-order valence-corrected chi connectivity index (χ2v) is 31.7. The summed E-state index contributed by atoms with van der Waals surface area (Å²) >= 11 is 3.73. The van der Waals surface area contributed by atoms with E-state index in [1.54, 1.807) is 0 Å². The summed E-state index contributed by atoms with van der Waals surface area (Å²) in [6.07, 6.45) is 0. The maximum atomic E-state index is 6.66. The van der Waals surface area contributed by atoms with Gasteiger partial charge in [-0.05, 0) is 171 Å². The van der Waals surface area contributed by atoms with E-state index in [4.69, 9.17) is 18.3 Å². The van der Waals surface area contributed by atoms with Gasteiger partial charge in [-0.15, -0.1) is 22.7 Å². The van der Waals surface area contributed by atoms with Crippen molar-refractivity contribution in [2.45, 2.75) is 10.8 Å². The molecule has 112 heavy (non-hydrogen) atoms. The van der Waals surface area contributed by atoms with E-state index in [9.17, 15) is 0 Å². The molecule has 0 bridgehead atoms. The third-order valence-corrected chi connectivity index (χ3v) is 26.1. The molecule has 0 saturated carbocycles. The van der Waals surface area contributed by atoms with Gasteiger partial charge in [0.05, 0.1) is 33.6 Å². The first kappa shape index (κ1) is 63.0. The molecule has 6 heterocycles. The van der Waals surface area contributed by atoms with Crippen LogP contribution in [0.25, 0.3) is 118 Å². The minimum Gasteiger partial charge on any atom is -0.457 e. The molecule has 0 unspecified atom stereocenters. The molecule has 4 aliphatic rings. The number of hydrogen-bond acceptors (Lipinski definition) is 8. The number of rotatable bonds is 7. The van der Waals surface area contributed by atoms with Gasteiger partial charge in [-0.25, -0.2) is 0 Å². The number of benzene rings is 17. The maximum Gasteiger partial charge on any atom is 0.159 e. The molecule has 0 saturated heterocycles. The average Bonchev–Trinajstić information content (AvgIpc) is 1.52. The van der Waals surface area contributed by atoms with Gasteiger partial charge in [-0.1, -0.05) is 249 Å². The highest BCUT2D eigenvalue weighted by Gasteiger charge is 2.53. The zero-order valence-corrected chi connectivity index (χ0v) is 61.8. The molecular formula is C104H62N2O4S2. The topological polar surface area (TPSA) is 51.2 Å². The quantitative estimate of drug-likeness (QED) is 0.158. The van der Waals surface area contributed by atoms with Crippen LogP contribution in [-0.2, 0) is 10.8 Å². The number of ether oxygens (including phenoxy) is 2. The summed E-state index contributed by atoms with van der Waals surface area (Å²) in [6, 6.07) is 136. The first-order chi connectivity index (χ1) is 55.5. The van der Waals surface area contributed by atoms with Crippen LogP contribution in [0.5, 0.6) is 23.0 Å². The van der Waals surface area contributed by atoms with E-state index in [1.165, 1.54) is 107 Å². The summed E-state index contributed by atoms with van der Waals surface area (Å²) in [5.41, 5.74) is 26.2. The molecule has 17 aromatic carbocycles. The molecular weight excluding hydrogens is 1410 g/mol. The fraction of sp³-hybridized carbons (Fsp3) is 0.0192. The third kappa shape index (κ3) is 8.90. The molecule has 0 N–H and O–H groups in total. The molecule has 0 amide bonds. The predicted molar refractivity (Wildman–Crippen MR) is 463 cm³/mol. The monoisotopic (exact) mass is 1470 g/mol. The average molecular weight is 1470 g/mol. The van der Waals surface area contributed by atoms with E-state index in [-0.39, 0.29) is 0 Å². The smallest absolute Gasteiger partial charge is 0.159 e. The van der Waals surface area contributed by atoms with E-state index < -0.39 is 10.8 Å². The lowest BCUT2D eigenvalue weighted by Gasteiger charge is -2.39. The summed E-state index contributed by atoms with van der Waals surface area (Å²) in [4.78, 5) is 4.82. The zero-order chi connectivity index (χ0) is 73.3. The van der Waals surface area contributed by atoms with Crippen molar-refractivity contribution in [3.63, 3.8) is 0 Å². The van der Waals surface area contributed by atoms with Gasteiger partial charge < -0.3 is 28.1 Å². The summed E-state index contributed by atoms with van der Waals surface area (Å²) in [5.74, 6) is 3.63. The van der Waals surface area contributed by atoms with Crippen LogP contribution in [-0.4, -0.2) is 0 Å². The van der Waals surface area contributed by atoms with Crippen LogP contribution < -0.4 is 19.3 Å². The Labute approximate surface area is 652 Å². The molecule has 2 spiro atoms. The fourth-order valence-electron chi connectivity index (χ4n) is 19.4. The zero-order valence-electron chi connectivity index (χ0n) is 60.1. The van der Waals surface area contributed by atoms with Crippen molar-refractivity contribution in [2.75, 3.05) is 9.80 Å². The highest BCUT2D eigenvalue weighted by Crippen LogP contribution is 2.66. The largest absolute Gasteiger partial charge is 0.457 e. The third-order valence-electron chi connectivity index (χ3n) is 23.9. The first-order valence-electron chi connectivity index (χ1n) is 38.1. The van der Waals surface area contributed by atoms with Crippen LogP contribution in [0, 0.1) is 0 Å². The van der Waals surface area contributed by atoms with Gasteiger partial charge in [0.25, 0.3) is 0 Å². The first-order valence-corrected chi connectivity index (χ1v) is 39.7. The number of hydrogen-bond donors (Lipinski definition) is 0. The minimum atomic E-state index is -0.521. The number of fused-ring (bicyclic) bond motifs is 30. The normalized spacial score (nSPS) is 13.5. The van der Waals surface area contributed by atoms with E-state index in [0.717, 1.165) is 112 Å². The van der Waals surface area contributed by atoms with E-state index in [2.05, 4.69) is 368 Å². The summed E-state index contributed by atoms with van der Waals surface area (Å²) in [5, 5.41) is 9.42. The Morgan fingerprint density at radius 3 is 1.18 bits per heavy atom. The van der Waals surface area contributed by atoms with Crippen LogP contribution in [0.1, 0.15) is 44.5 Å². The van der Waals surface area contributed by atoms with Gasteiger partial charge in [0.2, 0.25) is 0 Å². The molecule has 8 heteroatoms. The van der Waals surface area contributed by atoms with Crippen LogP contribution >= 0.6 is 22.7 Å². The van der Waals surface area contributed by atoms with Crippen molar-refractivity contribution >= 4 is 141 Å². The van der Waals surface area contributed by atoms with Crippen molar-refractivity contribution in [1.29, 1.82) is 0 Å². The highest BCUT2D eigenvalue weighted by molar-refractivity contribution is 7.26. The Hall–Kier alpha value is -14.0. The number of nitrogens with zero attached hydrogens (tertiary/aromatic N) is 2. The van der Waals surface area contributed by atoms with E-state index in [0.29, 0.717) is 0 Å². The van der Waals surface area contributed by atoms with Crippen molar-refractivity contribution in [3.8, 4) is 56.4 Å². The van der Waals surface area contributed by atoms with Crippen molar-refractivity contribution < 1.29 is 18.3 Å². The Kier molecular flexibility index (Phi) is 13.6. The fourth-order valence-corrected chi connectivity index (χ4v) is 21.7. The second-order valence-electron chi connectivity index (χ2n) is 29.5. The Morgan fingerprint density at radius 2 is 0.625 bits per heavy atom. The Bertz CT molecular complexity index is 7420. The van der Waals surface area contributed by atoms with Crippen LogP contribution in [0.2, 0.25) is 0 Å². The van der Waals surface area contributed by atoms with Gasteiger partial charge in [-0.3, -0.25) is 0 Å². The summed E-state index contributed by atoms with van der Waals surface area (Å²) in [7, 11) is 0. The lowest BCUT2D eigenvalue weighted by Crippen LogP contribution is -2.32. The highest BCUT2D eigenvalue weighted by atomic mass is 32.1. The molecule has 21 aromatic rings. The summed E-state index contributed by atoms with van der Waals surface area (Å²) in [6.45, 7) is 0. The number of furan rings is 2. The predicted octanol–water partition coefficient (Wildman–Crippen LogP) is 29.5. The lowest BCUT2D eigenvalue weighted by atomic mass is 9.66. The van der Waals surface area contributed by atoms with Gasteiger partial charge in [-0.2, -0.15) is 0 Å². The lowest BCUT2D eigenvalue weighted by molar-refractivity contribution is 0.436. The molecule has 6 nitrogen and oxygen atoms in total. The number of para-hydroxylation sites is 9. The molecule has 4 aromatic heterocycles. The van der Waals surface area contributed by atoms with Crippen molar-refractivity contribution in [3.05, 3.63) is 421 Å². The molecule has 0 fully saturated rings. The van der Waals surface area contributed by atoms with Crippen LogP contribution in [0.15, 0.2) is 385 Å². The Balaban J connectivity index is 0.000000131. The van der Waals surface area contributed by atoms with E-state index >= 15 is 0 Å². The van der Waals surface area contributed by atoms with Gasteiger partial charge in [0, 0.05) is 107 Å². The molecule has 2 aliphatic carbocycles.